The van der Waals surface area contributed by atoms with Gasteiger partial charge in [-0.2, -0.15) is 0 Å². The smallest absolute Gasteiger partial charge is 0.0410 e. The maximum atomic E-state index is 5.65. The van der Waals surface area contributed by atoms with Crippen LogP contribution in [0.3, 0.4) is 0 Å². The highest BCUT2D eigenvalue weighted by Crippen LogP contribution is 2.15. The molecule has 0 amide bonds. The van der Waals surface area contributed by atoms with Crippen molar-refractivity contribution < 1.29 is 0 Å². The zero-order valence-electron chi connectivity index (χ0n) is 10.3. The quantitative estimate of drug-likeness (QED) is 0.614. The van der Waals surface area contributed by atoms with Gasteiger partial charge >= 0.3 is 0 Å². The lowest BCUT2D eigenvalue weighted by Crippen LogP contribution is -2.38. The summed E-state index contributed by atoms with van der Waals surface area (Å²) in [6.07, 6.45) is 5.38. The minimum atomic E-state index is 0.192. The molecule has 100 valence electrons. The molecule has 1 heterocycles. The van der Waals surface area contributed by atoms with Crippen LogP contribution in [0.5, 0.6) is 0 Å². The number of aromatic nitrogens is 1. The number of nitrogens with zero attached hydrogens (tertiary/aromatic N) is 1. The summed E-state index contributed by atoms with van der Waals surface area (Å²) in [7, 11) is 0. The second-order valence-corrected chi connectivity index (χ2v) is 6.24. The zero-order valence-corrected chi connectivity index (χ0v) is 13.5. The molecular weight excluding hydrogens is 370 g/mol. The number of pyridine rings is 1. The Bertz CT molecular complexity index is 528. The number of benzene rings is 1. The second kappa shape index (κ2) is 7.14. The number of halogens is 2. The van der Waals surface area contributed by atoms with Crippen molar-refractivity contribution in [2.75, 3.05) is 0 Å². The molecular formula is C14H15Br2N3. The van der Waals surface area contributed by atoms with Crippen molar-refractivity contribution in [2.24, 2.45) is 5.84 Å². The SMILES string of the molecule is NNC(Cc1ccc(Br)cc1)Cc1cncc(Br)c1. The van der Waals surface area contributed by atoms with Crippen LogP contribution in [0, 0.1) is 0 Å². The van der Waals surface area contributed by atoms with Gasteiger partial charge in [-0.3, -0.25) is 16.3 Å². The first-order chi connectivity index (χ1) is 9.17. The number of rotatable bonds is 5. The van der Waals surface area contributed by atoms with Crippen LogP contribution in [-0.2, 0) is 12.8 Å². The van der Waals surface area contributed by atoms with Gasteiger partial charge in [0.25, 0.3) is 0 Å². The van der Waals surface area contributed by atoms with Crippen LogP contribution in [0.4, 0.5) is 0 Å². The van der Waals surface area contributed by atoms with Crippen LogP contribution in [0.1, 0.15) is 11.1 Å². The number of nitrogens with two attached hydrogens (primary N) is 1. The van der Waals surface area contributed by atoms with Gasteiger partial charge in [0.2, 0.25) is 0 Å². The number of hydrazine groups is 1. The van der Waals surface area contributed by atoms with E-state index in [2.05, 4.69) is 60.5 Å². The lowest BCUT2D eigenvalue weighted by Gasteiger charge is -2.16. The molecule has 0 spiro atoms. The van der Waals surface area contributed by atoms with Crippen molar-refractivity contribution in [3.63, 3.8) is 0 Å². The van der Waals surface area contributed by atoms with E-state index in [1.165, 1.54) is 5.56 Å². The van der Waals surface area contributed by atoms with Gasteiger partial charge in [0.05, 0.1) is 0 Å². The highest BCUT2D eigenvalue weighted by Gasteiger charge is 2.09. The summed E-state index contributed by atoms with van der Waals surface area (Å²) in [5.74, 6) is 5.65. The zero-order chi connectivity index (χ0) is 13.7. The van der Waals surface area contributed by atoms with Gasteiger partial charge in [-0.15, -0.1) is 0 Å². The molecule has 1 atom stereocenters. The van der Waals surface area contributed by atoms with Crippen molar-refractivity contribution in [1.29, 1.82) is 0 Å². The van der Waals surface area contributed by atoms with E-state index in [0.29, 0.717) is 0 Å². The third kappa shape index (κ3) is 4.69. The molecule has 3 nitrogen and oxygen atoms in total. The Hall–Kier alpha value is -0.750. The second-order valence-electron chi connectivity index (χ2n) is 4.41. The Morgan fingerprint density at radius 1 is 1.00 bits per heavy atom. The van der Waals surface area contributed by atoms with Gasteiger partial charge < -0.3 is 0 Å². The maximum Gasteiger partial charge on any atom is 0.0410 e. The van der Waals surface area contributed by atoms with Gasteiger partial charge in [0.15, 0.2) is 0 Å². The third-order valence-electron chi connectivity index (χ3n) is 2.87. The van der Waals surface area contributed by atoms with Gasteiger partial charge in [-0.05, 0) is 58.1 Å². The van der Waals surface area contributed by atoms with Crippen molar-refractivity contribution in [3.05, 3.63) is 62.8 Å². The van der Waals surface area contributed by atoms with E-state index in [4.69, 9.17) is 5.84 Å². The summed E-state index contributed by atoms with van der Waals surface area (Å²) in [6, 6.07) is 10.6. The predicted molar refractivity (Wildman–Crippen MR) is 84.6 cm³/mol. The van der Waals surface area contributed by atoms with Crippen LogP contribution in [0.25, 0.3) is 0 Å². The molecule has 1 aromatic carbocycles. The molecule has 19 heavy (non-hydrogen) atoms. The predicted octanol–water partition coefficient (Wildman–Crippen LogP) is 3.22. The van der Waals surface area contributed by atoms with Crippen LogP contribution in [0.2, 0.25) is 0 Å². The Kier molecular flexibility index (Phi) is 5.51. The molecule has 2 aromatic rings. The molecule has 5 heteroatoms. The Labute approximate surface area is 129 Å². The summed E-state index contributed by atoms with van der Waals surface area (Å²) >= 11 is 6.87. The first-order valence-corrected chi connectivity index (χ1v) is 7.56. The molecule has 0 aliphatic carbocycles. The largest absolute Gasteiger partial charge is 0.271 e. The van der Waals surface area contributed by atoms with Crippen LogP contribution < -0.4 is 11.3 Å². The van der Waals surface area contributed by atoms with E-state index in [1.807, 2.05) is 18.3 Å². The summed E-state index contributed by atoms with van der Waals surface area (Å²) in [5.41, 5.74) is 5.30. The molecule has 0 fully saturated rings. The molecule has 0 saturated carbocycles. The molecule has 0 aliphatic heterocycles. The van der Waals surface area contributed by atoms with Gasteiger partial charge in [-0.1, -0.05) is 28.1 Å². The summed E-state index contributed by atoms with van der Waals surface area (Å²) in [6.45, 7) is 0. The van der Waals surface area contributed by atoms with Crippen molar-refractivity contribution in [3.8, 4) is 0 Å². The number of nitrogens with one attached hydrogen (secondary N) is 1. The molecule has 0 radical (unpaired) electrons. The van der Waals surface area contributed by atoms with Gasteiger partial charge in [0.1, 0.15) is 0 Å². The topological polar surface area (TPSA) is 50.9 Å². The van der Waals surface area contributed by atoms with Crippen molar-refractivity contribution >= 4 is 31.9 Å². The van der Waals surface area contributed by atoms with Crippen molar-refractivity contribution in [2.45, 2.75) is 18.9 Å². The molecule has 0 bridgehead atoms. The van der Waals surface area contributed by atoms with Crippen molar-refractivity contribution in [1.82, 2.24) is 10.4 Å². The summed E-state index contributed by atoms with van der Waals surface area (Å²) in [5, 5.41) is 0. The first-order valence-electron chi connectivity index (χ1n) is 5.97. The lowest BCUT2D eigenvalue weighted by molar-refractivity contribution is 0.522. The molecule has 1 aromatic heterocycles. The summed E-state index contributed by atoms with van der Waals surface area (Å²) < 4.78 is 2.08. The van der Waals surface area contributed by atoms with Crippen LogP contribution >= 0.6 is 31.9 Å². The van der Waals surface area contributed by atoms with E-state index in [0.717, 1.165) is 27.4 Å². The monoisotopic (exact) mass is 383 g/mol. The van der Waals surface area contributed by atoms with E-state index in [1.54, 1.807) is 6.20 Å². The van der Waals surface area contributed by atoms with E-state index in [9.17, 15) is 0 Å². The van der Waals surface area contributed by atoms with Crippen LogP contribution in [-0.4, -0.2) is 11.0 Å². The average molecular weight is 385 g/mol. The fraction of sp³-hybridized carbons (Fsp3) is 0.214. The minimum absolute atomic E-state index is 0.192. The Balaban J connectivity index is 2.02. The summed E-state index contributed by atoms with van der Waals surface area (Å²) in [4.78, 5) is 4.17. The van der Waals surface area contributed by atoms with Gasteiger partial charge in [-0.25, -0.2) is 0 Å². The van der Waals surface area contributed by atoms with E-state index >= 15 is 0 Å². The molecule has 1 unspecified atom stereocenters. The Morgan fingerprint density at radius 2 is 1.68 bits per heavy atom. The Morgan fingerprint density at radius 3 is 2.32 bits per heavy atom. The van der Waals surface area contributed by atoms with E-state index < -0.39 is 0 Å². The fourth-order valence-corrected chi connectivity index (χ4v) is 2.62. The number of hydrogen-bond acceptors (Lipinski definition) is 3. The first kappa shape index (κ1) is 14.7. The van der Waals surface area contributed by atoms with Crippen LogP contribution in [0.15, 0.2) is 51.7 Å². The average Bonchev–Trinajstić information content (AvgIpc) is 2.40. The highest BCUT2D eigenvalue weighted by molar-refractivity contribution is 9.10. The lowest BCUT2D eigenvalue weighted by atomic mass is 10.0. The molecule has 3 N–H and O–H groups in total. The standard InChI is InChI=1S/C14H15Br2N3/c15-12-3-1-10(2-4-12)6-14(19-17)7-11-5-13(16)9-18-8-11/h1-5,8-9,14,19H,6-7,17H2. The molecule has 0 saturated heterocycles. The normalized spacial score (nSPS) is 12.4. The minimum Gasteiger partial charge on any atom is -0.271 e. The molecule has 0 aliphatic rings. The fourth-order valence-electron chi connectivity index (χ4n) is 1.95. The molecule has 2 rings (SSSR count). The number of hydrogen-bond donors (Lipinski definition) is 2. The third-order valence-corrected chi connectivity index (χ3v) is 3.84. The highest BCUT2D eigenvalue weighted by atomic mass is 79.9. The van der Waals surface area contributed by atoms with Gasteiger partial charge in [0, 0.05) is 27.4 Å². The maximum absolute atomic E-state index is 5.65. The van der Waals surface area contributed by atoms with E-state index in [-0.39, 0.29) is 6.04 Å².